The molecule has 0 aliphatic rings. The Kier molecular flexibility index (Phi) is 4.78. The minimum Gasteiger partial charge on any atom is -0.309 e. The van der Waals surface area contributed by atoms with Crippen LogP contribution >= 0.6 is 11.6 Å². The molecule has 1 N–H and O–H groups in total. The number of aryl methyl sites for hydroxylation is 1. The molecule has 0 fully saturated rings. The summed E-state index contributed by atoms with van der Waals surface area (Å²) in [5.74, 6) is 1.61. The molecule has 0 aromatic carbocycles. The van der Waals surface area contributed by atoms with Gasteiger partial charge in [0.15, 0.2) is 0 Å². The van der Waals surface area contributed by atoms with Gasteiger partial charge in [-0.1, -0.05) is 6.92 Å². The van der Waals surface area contributed by atoms with E-state index < -0.39 is 0 Å². The first-order valence-corrected chi connectivity index (χ1v) is 5.05. The molecule has 1 heterocycles. The molecule has 0 aliphatic carbocycles. The van der Waals surface area contributed by atoms with Crippen LogP contribution in [-0.2, 0) is 13.1 Å². The zero-order chi connectivity index (χ0) is 9.52. The maximum Gasteiger partial charge on any atom is 0.140 e. The fraction of sp³-hybridized carbons (Fsp3) is 0.750. The summed E-state index contributed by atoms with van der Waals surface area (Å²) < 4.78 is 1.92. The number of halogens is 1. The first-order valence-electron chi connectivity index (χ1n) is 4.51. The van der Waals surface area contributed by atoms with Crippen molar-refractivity contribution in [3.8, 4) is 0 Å². The third-order valence-corrected chi connectivity index (χ3v) is 1.87. The topological polar surface area (TPSA) is 42.7 Å². The molecule has 0 bridgehead atoms. The summed E-state index contributed by atoms with van der Waals surface area (Å²) in [5.41, 5.74) is 0. The summed E-state index contributed by atoms with van der Waals surface area (Å²) in [4.78, 5) is 4.15. The summed E-state index contributed by atoms with van der Waals surface area (Å²) in [6.07, 6.45) is 2.67. The van der Waals surface area contributed by atoms with Gasteiger partial charge in [0.25, 0.3) is 0 Å². The molecule has 0 aliphatic heterocycles. The minimum atomic E-state index is 0.627. The van der Waals surface area contributed by atoms with Crippen molar-refractivity contribution in [1.82, 2.24) is 20.1 Å². The number of hydrogen-bond acceptors (Lipinski definition) is 3. The van der Waals surface area contributed by atoms with Crippen molar-refractivity contribution in [2.45, 2.75) is 26.4 Å². The lowest BCUT2D eigenvalue weighted by atomic mass is 10.4. The van der Waals surface area contributed by atoms with Gasteiger partial charge in [0.05, 0.1) is 6.54 Å². The minimum absolute atomic E-state index is 0.627. The van der Waals surface area contributed by atoms with E-state index in [2.05, 4.69) is 22.3 Å². The van der Waals surface area contributed by atoms with Crippen LogP contribution < -0.4 is 5.32 Å². The molecule has 1 aromatic rings. The Labute approximate surface area is 83.3 Å². The van der Waals surface area contributed by atoms with E-state index in [1.807, 2.05) is 4.68 Å². The highest BCUT2D eigenvalue weighted by molar-refractivity contribution is 6.18. The summed E-state index contributed by atoms with van der Waals surface area (Å²) >= 11 is 5.54. The molecule has 0 atom stereocenters. The van der Waals surface area contributed by atoms with Crippen LogP contribution in [0.15, 0.2) is 6.33 Å². The molecule has 0 spiro atoms. The van der Waals surface area contributed by atoms with Crippen LogP contribution in [0.25, 0.3) is 0 Å². The van der Waals surface area contributed by atoms with Crippen molar-refractivity contribution in [3.05, 3.63) is 12.2 Å². The maximum atomic E-state index is 5.54. The van der Waals surface area contributed by atoms with E-state index in [0.717, 1.165) is 31.9 Å². The van der Waals surface area contributed by atoms with Gasteiger partial charge in [-0.25, -0.2) is 9.67 Å². The molecule has 0 saturated heterocycles. The molecule has 13 heavy (non-hydrogen) atoms. The Balaban J connectivity index is 2.40. The second kappa shape index (κ2) is 5.94. The standard InChI is InChI=1S/C8H15ClN4/c1-2-5-13-8(11-7-12-13)6-10-4-3-9/h7,10H,2-6H2,1H3. The molecule has 0 saturated carbocycles. The fourth-order valence-corrected chi connectivity index (χ4v) is 1.22. The average Bonchev–Trinajstić information content (AvgIpc) is 2.54. The van der Waals surface area contributed by atoms with Crippen molar-refractivity contribution in [1.29, 1.82) is 0 Å². The van der Waals surface area contributed by atoms with Crippen LogP contribution in [0.2, 0.25) is 0 Å². The van der Waals surface area contributed by atoms with E-state index in [1.165, 1.54) is 0 Å². The van der Waals surface area contributed by atoms with Crippen LogP contribution in [0.5, 0.6) is 0 Å². The van der Waals surface area contributed by atoms with Crippen LogP contribution in [0.3, 0.4) is 0 Å². The van der Waals surface area contributed by atoms with Gasteiger partial charge >= 0.3 is 0 Å². The largest absolute Gasteiger partial charge is 0.309 e. The smallest absolute Gasteiger partial charge is 0.140 e. The highest BCUT2D eigenvalue weighted by atomic mass is 35.5. The second-order valence-electron chi connectivity index (χ2n) is 2.77. The summed E-state index contributed by atoms with van der Waals surface area (Å²) in [5, 5.41) is 7.30. The van der Waals surface area contributed by atoms with Gasteiger partial charge in [-0.3, -0.25) is 0 Å². The normalized spacial score (nSPS) is 10.6. The molecule has 0 radical (unpaired) electrons. The van der Waals surface area contributed by atoms with Crippen molar-refractivity contribution >= 4 is 11.6 Å². The van der Waals surface area contributed by atoms with Crippen molar-refractivity contribution in [2.24, 2.45) is 0 Å². The number of rotatable bonds is 6. The SMILES string of the molecule is CCCn1ncnc1CNCCCl. The third kappa shape index (κ3) is 3.32. The van der Waals surface area contributed by atoms with Gasteiger partial charge in [0, 0.05) is 19.0 Å². The lowest BCUT2D eigenvalue weighted by Crippen LogP contribution is -2.19. The van der Waals surface area contributed by atoms with Gasteiger partial charge < -0.3 is 5.32 Å². The quantitative estimate of drug-likeness (QED) is 0.553. The molecular weight excluding hydrogens is 188 g/mol. The van der Waals surface area contributed by atoms with E-state index in [-0.39, 0.29) is 0 Å². The maximum absolute atomic E-state index is 5.54. The number of alkyl halides is 1. The van der Waals surface area contributed by atoms with E-state index >= 15 is 0 Å². The Morgan fingerprint density at radius 3 is 3.15 bits per heavy atom. The van der Waals surface area contributed by atoms with Gasteiger partial charge in [0.1, 0.15) is 12.2 Å². The summed E-state index contributed by atoms with van der Waals surface area (Å²) in [6, 6.07) is 0. The number of aromatic nitrogens is 3. The van der Waals surface area contributed by atoms with Gasteiger partial charge in [-0.05, 0) is 6.42 Å². The highest BCUT2D eigenvalue weighted by Gasteiger charge is 2.01. The number of nitrogens with zero attached hydrogens (tertiary/aromatic N) is 3. The second-order valence-corrected chi connectivity index (χ2v) is 3.14. The molecule has 5 heteroatoms. The predicted molar refractivity (Wildman–Crippen MR) is 52.7 cm³/mol. The van der Waals surface area contributed by atoms with E-state index in [9.17, 15) is 0 Å². The van der Waals surface area contributed by atoms with Gasteiger partial charge in [0.2, 0.25) is 0 Å². The zero-order valence-electron chi connectivity index (χ0n) is 7.83. The van der Waals surface area contributed by atoms with E-state index in [0.29, 0.717) is 5.88 Å². The first-order chi connectivity index (χ1) is 6.38. The van der Waals surface area contributed by atoms with Gasteiger partial charge in [-0.2, -0.15) is 5.10 Å². The molecule has 0 amide bonds. The molecular formula is C8H15ClN4. The lowest BCUT2D eigenvalue weighted by Gasteiger charge is -2.04. The van der Waals surface area contributed by atoms with Gasteiger partial charge in [-0.15, -0.1) is 11.6 Å². The molecule has 4 nitrogen and oxygen atoms in total. The zero-order valence-corrected chi connectivity index (χ0v) is 8.59. The summed E-state index contributed by atoms with van der Waals surface area (Å²) in [6.45, 7) is 4.60. The Morgan fingerprint density at radius 1 is 1.62 bits per heavy atom. The highest BCUT2D eigenvalue weighted by Crippen LogP contribution is 1.95. The average molecular weight is 203 g/mol. The molecule has 74 valence electrons. The van der Waals surface area contributed by atoms with E-state index in [4.69, 9.17) is 11.6 Å². The Bertz CT molecular complexity index is 236. The Hall–Kier alpha value is -0.610. The monoisotopic (exact) mass is 202 g/mol. The molecule has 1 aromatic heterocycles. The molecule has 0 unspecified atom stereocenters. The van der Waals surface area contributed by atoms with Crippen molar-refractivity contribution < 1.29 is 0 Å². The summed E-state index contributed by atoms with van der Waals surface area (Å²) in [7, 11) is 0. The third-order valence-electron chi connectivity index (χ3n) is 1.69. The van der Waals surface area contributed by atoms with Crippen LogP contribution in [-0.4, -0.2) is 27.2 Å². The van der Waals surface area contributed by atoms with E-state index in [1.54, 1.807) is 6.33 Å². The van der Waals surface area contributed by atoms with Crippen molar-refractivity contribution in [3.63, 3.8) is 0 Å². The number of hydrogen-bond donors (Lipinski definition) is 1. The molecule has 1 rings (SSSR count). The first kappa shape index (κ1) is 10.5. The van der Waals surface area contributed by atoms with Crippen LogP contribution in [0, 0.1) is 0 Å². The van der Waals surface area contributed by atoms with Crippen LogP contribution in [0.4, 0.5) is 0 Å². The predicted octanol–water partition coefficient (Wildman–Crippen LogP) is 1.02. The number of nitrogens with one attached hydrogen (secondary N) is 1. The van der Waals surface area contributed by atoms with Crippen molar-refractivity contribution in [2.75, 3.05) is 12.4 Å². The fourth-order valence-electron chi connectivity index (χ4n) is 1.09. The lowest BCUT2D eigenvalue weighted by molar-refractivity contribution is 0.548. The van der Waals surface area contributed by atoms with Crippen LogP contribution in [0.1, 0.15) is 19.2 Å². The Morgan fingerprint density at radius 2 is 2.46 bits per heavy atom.